The van der Waals surface area contributed by atoms with Gasteiger partial charge in [0.1, 0.15) is 0 Å². The maximum Gasteiger partial charge on any atom is -0.00180 e. The molecule has 0 spiro atoms. The first kappa shape index (κ1) is 12.0. The molecule has 0 aliphatic heterocycles. The van der Waals surface area contributed by atoms with E-state index in [0.29, 0.717) is 0 Å². The Labute approximate surface area is 89.7 Å². The van der Waals surface area contributed by atoms with E-state index in [0.717, 1.165) is 17.8 Å². The first-order valence-corrected chi connectivity index (χ1v) is 6.48. The largest absolute Gasteiger partial charge is 0.316 e. The fourth-order valence-electron chi connectivity index (χ4n) is 2.23. The van der Waals surface area contributed by atoms with Gasteiger partial charge in [-0.3, -0.25) is 0 Å². The van der Waals surface area contributed by atoms with Crippen LogP contribution < -0.4 is 5.32 Å². The van der Waals surface area contributed by atoms with Crippen LogP contribution in [0.25, 0.3) is 0 Å². The maximum absolute atomic E-state index is 3.64. The van der Waals surface area contributed by atoms with Crippen molar-refractivity contribution in [3.05, 3.63) is 0 Å². The second-order valence-electron chi connectivity index (χ2n) is 5.04. The normalized spacial score (nSPS) is 20.8. The third-order valence-corrected chi connectivity index (χ3v) is 3.61. The van der Waals surface area contributed by atoms with Gasteiger partial charge in [-0.2, -0.15) is 0 Å². The van der Waals surface area contributed by atoms with Crippen molar-refractivity contribution < 1.29 is 0 Å². The zero-order chi connectivity index (χ0) is 10.4. The first-order valence-electron chi connectivity index (χ1n) is 6.48. The molecule has 0 radical (unpaired) electrons. The molecule has 2 unspecified atom stereocenters. The number of rotatable bonds is 8. The van der Waals surface area contributed by atoms with Crippen LogP contribution in [-0.2, 0) is 0 Å². The van der Waals surface area contributed by atoms with Gasteiger partial charge in [0.05, 0.1) is 0 Å². The van der Waals surface area contributed by atoms with Gasteiger partial charge >= 0.3 is 0 Å². The SMILES string of the molecule is CCCC(C)C(CC)CNCC1CC1. The third kappa shape index (κ3) is 4.45. The highest BCUT2D eigenvalue weighted by molar-refractivity contribution is 4.76. The molecule has 1 aliphatic rings. The Kier molecular flexibility index (Phi) is 5.54. The van der Waals surface area contributed by atoms with E-state index in [2.05, 4.69) is 26.1 Å². The van der Waals surface area contributed by atoms with E-state index >= 15 is 0 Å². The molecule has 2 atom stereocenters. The predicted octanol–water partition coefficient (Wildman–Crippen LogP) is 3.45. The fourth-order valence-corrected chi connectivity index (χ4v) is 2.23. The van der Waals surface area contributed by atoms with Gasteiger partial charge in [0.15, 0.2) is 0 Å². The number of nitrogens with one attached hydrogen (secondary N) is 1. The lowest BCUT2D eigenvalue weighted by Gasteiger charge is -2.22. The van der Waals surface area contributed by atoms with Crippen LogP contribution in [0.3, 0.4) is 0 Å². The summed E-state index contributed by atoms with van der Waals surface area (Å²) in [5.74, 6) is 2.82. The molecule has 1 saturated carbocycles. The highest BCUT2D eigenvalue weighted by atomic mass is 14.9. The monoisotopic (exact) mass is 197 g/mol. The molecule has 0 saturated heterocycles. The second-order valence-corrected chi connectivity index (χ2v) is 5.04. The molecule has 84 valence electrons. The molecule has 1 fully saturated rings. The average Bonchev–Trinajstić information content (AvgIpc) is 2.96. The minimum absolute atomic E-state index is 0.897. The average molecular weight is 197 g/mol. The summed E-state index contributed by atoms with van der Waals surface area (Å²) in [6.07, 6.45) is 6.99. The smallest absolute Gasteiger partial charge is 0.00180 e. The van der Waals surface area contributed by atoms with Crippen molar-refractivity contribution in [3.63, 3.8) is 0 Å². The zero-order valence-electron chi connectivity index (χ0n) is 10.2. The standard InChI is InChI=1S/C13H27N/c1-4-6-11(3)13(5-2)10-14-9-12-7-8-12/h11-14H,4-10H2,1-3H3. The minimum atomic E-state index is 0.897. The van der Waals surface area contributed by atoms with E-state index in [-0.39, 0.29) is 0 Å². The fraction of sp³-hybridized carbons (Fsp3) is 1.00. The van der Waals surface area contributed by atoms with Gasteiger partial charge in [0.2, 0.25) is 0 Å². The van der Waals surface area contributed by atoms with Crippen molar-refractivity contribution in [3.8, 4) is 0 Å². The Hall–Kier alpha value is -0.0400. The quantitative estimate of drug-likeness (QED) is 0.628. The summed E-state index contributed by atoms with van der Waals surface area (Å²) in [6, 6.07) is 0. The molecular weight excluding hydrogens is 170 g/mol. The Balaban J connectivity index is 2.08. The van der Waals surface area contributed by atoms with E-state index < -0.39 is 0 Å². The van der Waals surface area contributed by atoms with Crippen LogP contribution in [0.1, 0.15) is 52.9 Å². The molecule has 0 aromatic heterocycles. The summed E-state index contributed by atoms with van der Waals surface area (Å²) in [5.41, 5.74) is 0. The minimum Gasteiger partial charge on any atom is -0.316 e. The van der Waals surface area contributed by atoms with Crippen LogP contribution in [0.2, 0.25) is 0 Å². The Morgan fingerprint density at radius 3 is 2.50 bits per heavy atom. The summed E-state index contributed by atoms with van der Waals surface area (Å²) in [6.45, 7) is 9.55. The van der Waals surface area contributed by atoms with Gasteiger partial charge in [-0.25, -0.2) is 0 Å². The van der Waals surface area contributed by atoms with E-state index in [1.165, 1.54) is 45.2 Å². The van der Waals surface area contributed by atoms with E-state index in [4.69, 9.17) is 0 Å². The molecule has 0 amide bonds. The topological polar surface area (TPSA) is 12.0 Å². The van der Waals surface area contributed by atoms with Crippen LogP contribution in [0.15, 0.2) is 0 Å². The predicted molar refractivity (Wildman–Crippen MR) is 63.4 cm³/mol. The summed E-state index contributed by atoms with van der Waals surface area (Å²) in [4.78, 5) is 0. The van der Waals surface area contributed by atoms with Crippen molar-refractivity contribution in [2.75, 3.05) is 13.1 Å². The maximum atomic E-state index is 3.64. The van der Waals surface area contributed by atoms with Crippen molar-refractivity contribution >= 4 is 0 Å². The van der Waals surface area contributed by atoms with Crippen molar-refractivity contribution in [2.45, 2.75) is 52.9 Å². The van der Waals surface area contributed by atoms with Gasteiger partial charge in [0.25, 0.3) is 0 Å². The van der Waals surface area contributed by atoms with Crippen LogP contribution in [0, 0.1) is 17.8 Å². The molecule has 1 rings (SSSR count). The van der Waals surface area contributed by atoms with Crippen molar-refractivity contribution in [1.82, 2.24) is 5.32 Å². The number of hydrogen-bond acceptors (Lipinski definition) is 1. The van der Waals surface area contributed by atoms with E-state index in [1.807, 2.05) is 0 Å². The Morgan fingerprint density at radius 1 is 1.29 bits per heavy atom. The highest BCUT2D eigenvalue weighted by Crippen LogP contribution is 2.28. The number of hydrogen-bond donors (Lipinski definition) is 1. The first-order chi connectivity index (χ1) is 6.77. The van der Waals surface area contributed by atoms with Gasteiger partial charge in [-0.15, -0.1) is 0 Å². The summed E-state index contributed by atoms with van der Waals surface area (Å²) < 4.78 is 0. The summed E-state index contributed by atoms with van der Waals surface area (Å²) >= 11 is 0. The van der Waals surface area contributed by atoms with Gasteiger partial charge in [-0.05, 0) is 43.7 Å². The molecule has 1 aliphatic carbocycles. The molecule has 0 aromatic carbocycles. The van der Waals surface area contributed by atoms with Gasteiger partial charge in [0, 0.05) is 0 Å². The molecular formula is C13H27N. The van der Waals surface area contributed by atoms with Gasteiger partial charge in [-0.1, -0.05) is 40.0 Å². The molecule has 1 N–H and O–H groups in total. The third-order valence-electron chi connectivity index (χ3n) is 3.61. The van der Waals surface area contributed by atoms with Crippen molar-refractivity contribution in [2.24, 2.45) is 17.8 Å². The zero-order valence-corrected chi connectivity index (χ0v) is 10.2. The second kappa shape index (κ2) is 6.44. The van der Waals surface area contributed by atoms with Crippen LogP contribution >= 0.6 is 0 Å². The lowest BCUT2D eigenvalue weighted by atomic mass is 9.88. The molecule has 1 heteroatoms. The van der Waals surface area contributed by atoms with Crippen LogP contribution in [0.4, 0.5) is 0 Å². The summed E-state index contributed by atoms with van der Waals surface area (Å²) in [5, 5.41) is 3.64. The van der Waals surface area contributed by atoms with Gasteiger partial charge < -0.3 is 5.32 Å². The molecule has 14 heavy (non-hydrogen) atoms. The highest BCUT2D eigenvalue weighted by Gasteiger charge is 2.21. The van der Waals surface area contributed by atoms with Crippen LogP contribution in [-0.4, -0.2) is 13.1 Å². The lowest BCUT2D eigenvalue weighted by molar-refractivity contribution is 0.310. The Morgan fingerprint density at radius 2 is 2.00 bits per heavy atom. The lowest BCUT2D eigenvalue weighted by Crippen LogP contribution is -2.28. The molecule has 0 heterocycles. The van der Waals surface area contributed by atoms with E-state index in [1.54, 1.807) is 0 Å². The van der Waals surface area contributed by atoms with E-state index in [9.17, 15) is 0 Å². The Bertz CT molecular complexity index is 140. The van der Waals surface area contributed by atoms with Crippen molar-refractivity contribution in [1.29, 1.82) is 0 Å². The van der Waals surface area contributed by atoms with Crippen LogP contribution in [0.5, 0.6) is 0 Å². The molecule has 0 aromatic rings. The molecule has 0 bridgehead atoms. The molecule has 1 nitrogen and oxygen atoms in total. The summed E-state index contributed by atoms with van der Waals surface area (Å²) in [7, 11) is 0.